The van der Waals surface area contributed by atoms with Gasteiger partial charge in [-0.05, 0) is 24.6 Å². The van der Waals surface area contributed by atoms with Crippen LogP contribution in [0.4, 0.5) is 0 Å². The second kappa shape index (κ2) is 6.45. The summed E-state index contributed by atoms with van der Waals surface area (Å²) in [4.78, 5) is 2.45. The van der Waals surface area contributed by atoms with Crippen molar-refractivity contribution in [3.05, 3.63) is 41.2 Å². The molecule has 1 atom stereocenters. The Bertz CT molecular complexity index is 728. The van der Waals surface area contributed by atoms with Gasteiger partial charge in [-0.1, -0.05) is 6.07 Å². The van der Waals surface area contributed by atoms with Crippen molar-refractivity contribution in [2.75, 3.05) is 26.6 Å². The van der Waals surface area contributed by atoms with E-state index in [2.05, 4.69) is 28.3 Å². The van der Waals surface area contributed by atoms with Crippen LogP contribution in [-0.2, 0) is 24.9 Å². The van der Waals surface area contributed by atoms with Gasteiger partial charge in [-0.2, -0.15) is 5.10 Å². The number of rotatable bonds is 5. The number of hydrogen-bond donors (Lipinski definition) is 0. The maximum atomic E-state index is 5.69. The van der Waals surface area contributed by atoms with Crippen molar-refractivity contribution >= 4 is 0 Å². The summed E-state index contributed by atoms with van der Waals surface area (Å²) in [5, 5.41) is 4.65. The summed E-state index contributed by atoms with van der Waals surface area (Å²) in [7, 11) is 1.98. The van der Waals surface area contributed by atoms with E-state index in [9.17, 15) is 0 Å². The zero-order chi connectivity index (χ0) is 16.5. The molecule has 6 nitrogen and oxygen atoms in total. The van der Waals surface area contributed by atoms with E-state index in [-0.39, 0.29) is 0 Å². The highest BCUT2D eigenvalue weighted by atomic mass is 16.7. The van der Waals surface area contributed by atoms with Crippen LogP contribution >= 0.6 is 0 Å². The lowest BCUT2D eigenvalue weighted by molar-refractivity contribution is 0.104. The summed E-state index contributed by atoms with van der Waals surface area (Å²) in [6.45, 7) is 6.57. The van der Waals surface area contributed by atoms with Crippen molar-refractivity contribution in [1.82, 2.24) is 14.7 Å². The molecule has 128 valence electrons. The molecule has 0 saturated carbocycles. The average Bonchev–Trinajstić information content (AvgIpc) is 3.17. The van der Waals surface area contributed by atoms with Gasteiger partial charge in [0.15, 0.2) is 11.5 Å². The van der Waals surface area contributed by atoms with Crippen LogP contribution in [0.1, 0.15) is 29.7 Å². The molecular formula is C18H23N3O3. The molecule has 24 heavy (non-hydrogen) atoms. The van der Waals surface area contributed by atoms with Gasteiger partial charge in [0.1, 0.15) is 0 Å². The SMILES string of the molecule is CCOCC1CN(Cc2ccc3c(c2)OCO3)Cc2cn(C)nc21. The third-order valence-corrected chi connectivity index (χ3v) is 4.56. The molecule has 1 aromatic heterocycles. The Labute approximate surface area is 141 Å². The zero-order valence-corrected chi connectivity index (χ0v) is 14.2. The number of nitrogens with zero attached hydrogens (tertiary/aromatic N) is 3. The summed E-state index contributed by atoms with van der Waals surface area (Å²) < 4.78 is 18.5. The van der Waals surface area contributed by atoms with Crippen molar-refractivity contribution in [1.29, 1.82) is 0 Å². The lowest BCUT2D eigenvalue weighted by Crippen LogP contribution is -2.34. The molecule has 0 amide bonds. The molecule has 0 saturated heterocycles. The molecule has 0 bridgehead atoms. The minimum absolute atomic E-state index is 0.317. The Kier molecular flexibility index (Phi) is 4.16. The third kappa shape index (κ3) is 2.99. The van der Waals surface area contributed by atoms with Crippen LogP contribution in [0.3, 0.4) is 0 Å². The lowest BCUT2D eigenvalue weighted by atomic mass is 9.97. The molecule has 0 spiro atoms. The molecule has 0 fully saturated rings. The first-order valence-corrected chi connectivity index (χ1v) is 8.44. The van der Waals surface area contributed by atoms with Gasteiger partial charge in [-0.15, -0.1) is 0 Å². The minimum atomic E-state index is 0.317. The third-order valence-electron chi connectivity index (χ3n) is 4.56. The Morgan fingerprint density at radius 3 is 3.04 bits per heavy atom. The molecule has 2 aliphatic rings. The highest BCUT2D eigenvalue weighted by molar-refractivity contribution is 5.44. The molecule has 4 rings (SSSR count). The van der Waals surface area contributed by atoms with Crippen molar-refractivity contribution in [2.24, 2.45) is 7.05 Å². The van der Waals surface area contributed by atoms with Crippen molar-refractivity contribution < 1.29 is 14.2 Å². The van der Waals surface area contributed by atoms with Crippen LogP contribution in [0.2, 0.25) is 0 Å². The number of hydrogen-bond acceptors (Lipinski definition) is 5. The van der Waals surface area contributed by atoms with Crippen LogP contribution in [0.5, 0.6) is 11.5 Å². The van der Waals surface area contributed by atoms with Gasteiger partial charge >= 0.3 is 0 Å². The molecular weight excluding hydrogens is 306 g/mol. The van der Waals surface area contributed by atoms with Crippen molar-refractivity contribution in [2.45, 2.75) is 25.9 Å². The van der Waals surface area contributed by atoms with Gasteiger partial charge in [-0.25, -0.2) is 0 Å². The summed E-state index contributed by atoms with van der Waals surface area (Å²) in [5.74, 6) is 2.00. The number of benzene rings is 1. The van der Waals surface area contributed by atoms with E-state index >= 15 is 0 Å². The molecule has 0 radical (unpaired) electrons. The topological polar surface area (TPSA) is 48.8 Å². The summed E-state index contributed by atoms with van der Waals surface area (Å²) in [5.41, 5.74) is 3.73. The molecule has 1 unspecified atom stereocenters. The van der Waals surface area contributed by atoms with Crippen LogP contribution in [0.25, 0.3) is 0 Å². The summed E-state index contributed by atoms with van der Waals surface area (Å²) in [6.07, 6.45) is 2.13. The molecule has 2 aromatic rings. The zero-order valence-electron chi connectivity index (χ0n) is 14.2. The molecule has 1 aromatic carbocycles. The highest BCUT2D eigenvalue weighted by Gasteiger charge is 2.28. The van der Waals surface area contributed by atoms with Gasteiger partial charge in [0.05, 0.1) is 12.3 Å². The second-order valence-electron chi connectivity index (χ2n) is 6.43. The number of aromatic nitrogens is 2. The van der Waals surface area contributed by atoms with E-state index in [1.54, 1.807) is 0 Å². The van der Waals surface area contributed by atoms with E-state index in [0.717, 1.165) is 44.3 Å². The maximum absolute atomic E-state index is 5.69. The molecule has 2 aliphatic heterocycles. The predicted octanol–water partition coefficient (Wildman–Crippen LogP) is 2.28. The van der Waals surface area contributed by atoms with Gasteiger partial charge in [0, 0.05) is 51.0 Å². The first kappa shape index (κ1) is 15.5. The Morgan fingerprint density at radius 1 is 1.29 bits per heavy atom. The number of fused-ring (bicyclic) bond motifs is 2. The van der Waals surface area contributed by atoms with E-state index < -0.39 is 0 Å². The fraction of sp³-hybridized carbons (Fsp3) is 0.500. The van der Waals surface area contributed by atoms with E-state index in [1.165, 1.54) is 16.8 Å². The normalized spacial score (nSPS) is 19.5. The molecule has 0 aliphatic carbocycles. The highest BCUT2D eigenvalue weighted by Crippen LogP contribution is 2.34. The van der Waals surface area contributed by atoms with Crippen molar-refractivity contribution in [3.8, 4) is 11.5 Å². The second-order valence-corrected chi connectivity index (χ2v) is 6.43. The summed E-state index contributed by atoms with van der Waals surface area (Å²) >= 11 is 0. The van der Waals surface area contributed by atoms with Crippen LogP contribution in [-0.4, -0.2) is 41.2 Å². The summed E-state index contributed by atoms with van der Waals surface area (Å²) in [6, 6.07) is 6.19. The van der Waals surface area contributed by atoms with Crippen LogP contribution in [0.15, 0.2) is 24.4 Å². The molecule has 0 N–H and O–H groups in total. The predicted molar refractivity (Wildman–Crippen MR) is 89.1 cm³/mol. The first-order valence-electron chi connectivity index (χ1n) is 8.44. The van der Waals surface area contributed by atoms with E-state index in [4.69, 9.17) is 14.2 Å². The fourth-order valence-corrected chi connectivity index (χ4v) is 3.53. The largest absolute Gasteiger partial charge is 0.454 e. The quantitative estimate of drug-likeness (QED) is 0.842. The van der Waals surface area contributed by atoms with E-state index in [0.29, 0.717) is 12.7 Å². The number of aryl methyl sites for hydroxylation is 1. The minimum Gasteiger partial charge on any atom is -0.454 e. The molecule has 3 heterocycles. The van der Waals surface area contributed by atoms with Crippen molar-refractivity contribution in [3.63, 3.8) is 0 Å². The van der Waals surface area contributed by atoms with Gasteiger partial charge in [0.2, 0.25) is 6.79 Å². The first-order chi connectivity index (χ1) is 11.7. The number of ether oxygens (including phenoxy) is 3. The fourth-order valence-electron chi connectivity index (χ4n) is 3.53. The van der Waals surface area contributed by atoms with Gasteiger partial charge < -0.3 is 14.2 Å². The smallest absolute Gasteiger partial charge is 0.231 e. The Morgan fingerprint density at radius 2 is 2.17 bits per heavy atom. The molecule has 6 heteroatoms. The van der Waals surface area contributed by atoms with Crippen LogP contribution in [0, 0.1) is 0 Å². The van der Waals surface area contributed by atoms with E-state index in [1.807, 2.05) is 24.7 Å². The average molecular weight is 329 g/mol. The Hall–Kier alpha value is -2.05. The van der Waals surface area contributed by atoms with Gasteiger partial charge in [0.25, 0.3) is 0 Å². The standard InChI is InChI=1S/C18H23N3O3/c1-3-22-11-15-10-21(9-14-8-20(2)19-18(14)15)7-13-4-5-16-17(6-13)24-12-23-16/h4-6,8,15H,3,7,9-12H2,1-2H3. The lowest BCUT2D eigenvalue weighted by Gasteiger charge is -2.31. The Balaban J connectivity index is 1.51. The van der Waals surface area contributed by atoms with Crippen LogP contribution < -0.4 is 9.47 Å². The maximum Gasteiger partial charge on any atom is 0.231 e. The van der Waals surface area contributed by atoms with Gasteiger partial charge in [-0.3, -0.25) is 9.58 Å². The monoisotopic (exact) mass is 329 g/mol.